The predicted molar refractivity (Wildman–Crippen MR) is 72.5 cm³/mol. The molecule has 1 fully saturated rings. The van der Waals surface area contributed by atoms with Crippen LogP contribution in [0.25, 0.3) is 0 Å². The number of carbonyl (C=O) groups is 1. The van der Waals surface area contributed by atoms with Gasteiger partial charge in [-0.05, 0) is 24.8 Å². The number of hydrogen-bond acceptors (Lipinski definition) is 2. The highest BCUT2D eigenvalue weighted by molar-refractivity contribution is 5.91. The summed E-state index contributed by atoms with van der Waals surface area (Å²) in [5, 5.41) is 0. The van der Waals surface area contributed by atoms with Crippen molar-refractivity contribution in [2.45, 2.75) is 45.6 Å². The lowest BCUT2D eigenvalue weighted by molar-refractivity contribution is -0.161. The number of rotatable bonds is 6. The van der Waals surface area contributed by atoms with Crippen LogP contribution in [0.5, 0.6) is 0 Å². The van der Waals surface area contributed by atoms with Gasteiger partial charge in [0.05, 0.1) is 11.5 Å². The number of ether oxygens (including phenoxy) is 1. The number of benzene rings is 1. The van der Waals surface area contributed by atoms with Crippen molar-refractivity contribution in [3.63, 3.8) is 0 Å². The molecule has 2 atom stereocenters. The van der Waals surface area contributed by atoms with Crippen LogP contribution in [-0.2, 0) is 16.0 Å². The summed E-state index contributed by atoms with van der Waals surface area (Å²) >= 11 is 0. The number of ketones is 1. The van der Waals surface area contributed by atoms with Gasteiger partial charge in [-0.2, -0.15) is 0 Å². The average Bonchev–Trinajstić information content (AvgIpc) is 2.42. The molecular formula is C16H22O2. The van der Waals surface area contributed by atoms with Gasteiger partial charge in [-0.1, -0.05) is 44.2 Å². The fourth-order valence-corrected chi connectivity index (χ4v) is 2.49. The fraction of sp³-hybridized carbons (Fsp3) is 0.562. The Hall–Kier alpha value is -1.15. The fourth-order valence-electron chi connectivity index (χ4n) is 2.49. The van der Waals surface area contributed by atoms with Gasteiger partial charge in [0.15, 0.2) is 0 Å². The molecule has 2 nitrogen and oxygen atoms in total. The molecule has 0 amide bonds. The number of hydrogen-bond donors (Lipinski definition) is 0. The zero-order valence-electron chi connectivity index (χ0n) is 11.3. The number of Topliss-reactive ketones (excluding diaryl/α,β-unsaturated/α-hetero) is 1. The second-order valence-corrected chi connectivity index (χ2v) is 5.35. The maximum absolute atomic E-state index is 11.6. The molecule has 2 heteroatoms. The van der Waals surface area contributed by atoms with Gasteiger partial charge in [-0.3, -0.25) is 4.79 Å². The first-order valence-electron chi connectivity index (χ1n) is 6.85. The van der Waals surface area contributed by atoms with Gasteiger partial charge in [0.2, 0.25) is 0 Å². The predicted octanol–water partition coefficient (Wildman–Crippen LogP) is 3.39. The lowest BCUT2D eigenvalue weighted by Gasteiger charge is -2.44. The van der Waals surface area contributed by atoms with Crippen LogP contribution in [0.15, 0.2) is 30.3 Å². The first kappa shape index (κ1) is 13.3. The van der Waals surface area contributed by atoms with E-state index in [0.717, 1.165) is 25.9 Å². The Morgan fingerprint density at radius 1 is 1.33 bits per heavy atom. The van der Waals surface area contributed by atoms with Crippen molar-refractivity contribution in [1.29, 1.82) is 0 Å². The van der Waals surface area contributed by atoms with Crippen LogP contribution in [0.2, 0.25) is 0 Å². The first-order chi connectivity index (χ1) is 8.66. The van der Waals surface area contributed by atoms with Gasteiger partial charge in [0.1, 0.15) is 5.78 Å². The second-order valence-electron chi connectivity index (χ2n) is 5.35. The van der Waals surface area contributed by atoms with E-state index in [1.807, 2.05) is 13.0 Å². The highest BCUT2D eigenvalue weighted by Gasteiger charge is 2.50. The molecule has 0 N–H and O–H groups in total. The molecule has 0 spiro atoms. The van der Waals surface area contributed by atoms with Crippen LogP contribution in [-0.4, -0.2) is 18.5 Å². The van der Waals surface area contributed by atoms with Gasteiger partial charge in [0, 0.05) is 13.0 Å². The molecule has 0 aliphatic heterocycles. The molecule has 0 bridgehead atoms. The molecule has 98 valence electrons. The Kier molecular flexibility index (Phi) is 4.18. The van der Waals surface area contributed by atoms with Crippen LogP contribution in [0.4, 0.5) is 0 Å². The lowest BCUT2D eigenvalue weighted by Crippen LogP contribution is -2.53. The molecular weight excluding hydrogens is 224 g/mol. The topological polar surface area (TPSA) is 26.3 Å². The molecule has 1 aromatic carbocycles. The minimum Gasteiger partial charge on any atom is -0.377 e. The van der Waals surface area contributed by atoms with Gasteiger partial charge >= 0.3 is 0 Å². The average molecular weight is 246 g/mol. The van der Waals surface area contributed by atoms with E-state index in [4.69, 9.17) is 4.74 Å². The third-order valence-corrected chi connectivity index (χ3v) is 4.22. The van der Waals surface area contributed by atoms with Crippen molar-refractivity contribution in [3.05, 3.63) is 35.9 Å². The van der Waals surface area contributed by atoms with E-state index in [0.29, 0.717) is 12.2 Å². The van der Waals surface area contributed by atoms with Crippen LogP contribution in [0.1, 0.15) is 38.7 Å². The van der Waals surface area contributed by atoms with Crippen molar-refractivity contribution in [3.8, 4) is 0 Å². The molecule has 2 rings (SSSR count). The van der Waals surface area contributed by atoms with E-state index in [1.54, 1.807) is 0 Å². The van der Waals surface area contributed by atoms with E-state index in [-0.39, 0.29) is 11.5 Å². The number of aryl methyl sites for hydroxylation is 1. The molecule has 0 radical (unpaired) electrons. The zero-order chi connectivity index (χ0) is 13.0. The summed E-state index contributed by atoms with van der Waals surface area (Å²) in [6.45, 7) is 4.85. The molecule has 0 heterocycles. The van der Waals surface area contributed by atoms with Crippen molar-refractivity contribution < 1.29 is 9.53 Å². The normalized spacial score (nSPS) is 27.0. The highest BCUT2D eigenvalue weighted by atomic mass is 16.5. The summed E-state index contributed by atoms with van der Waals surface area (Å²) in [7, 11) is 0. The smallest absolute Gasteiger partial charge is 0.143 e. The quantitative estimate of drug-likeness (QED) is 0.719. The number of carbonyl (C=O) groups excluding carboxylic acids is 1. The SMILES string of the molecule is CCC1(C)C(=O)CC1OCCCc1ccccc1. The van der Waals surface area contributed by atoms with Crippen LogP contribution in [0, 0.1) is 5.41 Å². The van der Waals surface area contributed by atoms with Gasteiger partial charge in [-0.15, -0.1) is 0 Å². The summed E-state index contributed by atoms with van der Waals surface area (Å²) in [5.41, 5.74) is 1.14. The van der Waals surface area contributed by atoms with E-state index >= 15 is 0 Å². The zero-order valence-corrected chi connectivity index (χ0v) is 11.3. The standard InChI is InChI=1S/C16H22O2/c1-3-16(2)14(17)12-15(16)18-11-7-10-13-8-5-4-6-9-13/h4-6,8-9,15H,3,7,10-12H2,1-2H3. The van der Waals surface area contributed by atoms with E-state index in [9.17, 15) is 4.79 Å². The first-order valence-corrected chi connectivity index (χ1v) is 6.85. The Balaban J connectivity index is 1.69. The maximum atomic E-state index is 11.6. The van der Waals surface area contributed by atoms with Crippen molar-refractivity contribution in [2.75, 3.05) is 6.61 Å². The Morgan fingerprint density at radius 2 is 2.06 bits per heavy atom. The molecule has 0 aromatic heterocycles. The summed E-state index contributed by atoms with van der Waals surface area (Å²) in [6, 6.07) is 10.4. The Bertz CT molecular complexity index is 399. The third kappa shape index (κ3) is 2.64. The lowest BCUT2D eigenvalue weighted by atomic mass is 9.64. The van der Waals surface area contributed by atoms with E-state index in [1.165, 1.54) is 5.56 Å². The van der Waals surface area contributed by atoms with Gasteiger partial charge in [-0.25, -0.2) is 0 Å². The van der Waals surface area contributed by atoms with Gasteiger partial charge in [0.25, 0.3) is 0 Å². The Morgan fingerprint density at radius 3 is 2.67 bits per heavy atom. The summed E-state index contributed by atoms with van der Waals surface area (Å²) in [4.78, 5) is 11.6. The molecule has 1 aliphatic rings. The Labute approximate surface area is 109 Å². The summed E-state index contributed by atoms with van der Waals surface area (Å²) < 4.78 is 5.86. The molecule has 1 aromatic rings. The molecule has 0 saturated heterocycles. The summed E-state index contributed by atoms with van der Waals surface area (Å²) in [6.07, 6.45) is 3.70. The van der Waals surface area contributed by atoms with Crippen LogP contribution >= 0.6 is 0 Å². The molecule has 1 aliphatic carbocycles. The van der Waals surface area contributed by atoms with Crippen LogP contribution < -0.4 is 0 Å². The maximum Gasteiger partial charge on any atom is 0.143 e. The monoisotopic (exact) mass is 246 g/mol. The second kappa shape index (κ2) is 5.66. The van der Waals surface area contributed by atoms with E-state index < -0.39 is 0 Å². The van der Waals surface area contributed by atoms with Crippen molar-refractivity contribution in [2.24, 2.45) is 5.41 Å². The van der Waals surface area contributed by atoms with Crippen molar-refractivity contribution in [1.82, 2.24) is 0 Å². The van der Waals surface area contributed by atoms with Crippen molar-refractivity contribution >= 4 is 5.78 Å². The van der Waals surface area contributed by atoms with Gasteiger partial charge < -0.3 is 4.74 Å². The third-order valence-electron chi connectivity index (χ3n) is 4.22. The largest absolute Gasteiger partial charge is 0.377 e. The van der Waals surface area contributed by atoms with Crippen LogP contribution in [0.3, 0.4) is 0 Å². The summed E-state index contributed by atoms with van der Waals surface area (Å²) in [5.74, 6) is 0.359. The van der Waals surface area contributed by atoms with E-state index in [2.05, 4.69) is 31.2 Å². The minimum absolute atomic E-state index is 0.144. The molecule has 1 saturated carbocycles. The molecule has 2 unspecified atom stereocenters. The highest BCUT2D eigenvalue weighted by Crippen LogP contribution is 2.42. The molecule has 18 heavy (non-hydrogen) atoms. The minimum atomic E-state index is -0.216.